The van der Waals surface area contributed by atoms with E-state index in [4.69, 9.17) is 0 Å². The van der Waals surface area contributed by atoms with Gasteiger partial charge in [-0.3, -0.25) is 9.59 Å². The minimum Gasteiger partial charge on any atom is -0.366 e. The van der Waals surface area contributed by atoms with E-state index >= 15 is 0 Å². The number of carbonyl (C=O) groups is 2. The van der Waals surface area contributed by atoms with Gasteiger partial charge in [0.15, 0.2) is 0 Å². The number of hydrogen-bond donors (Lipinski definition) is 2. The largest absolute Gasteiger partial charge is 0.366 e. The second-order valence-corrected chi connectivity index (χ2v) is 1.14. The topological polar surface area (TPSA) is 86.2 Å². The Morgan fingerprint density at radius 1 is 1.00 bits per heavy atom. The van der Waals surface area contributed by atoms with Crippen LogP contribution in [-0.2, 0) is 9.59 Å². The van der Waals surface area contributed by atoms with Crippen molar-refractivity contribution in [1.29, 1.82) is 0 Å². The Labute approximate surface area is 80.3 Å². The molecule has 0 bridgehead atoms. The van der Waals surface area contributed by atoms with Crippen LogP contribution in [0.5, 0.6) is 0 Å². The molecule has 0 saturated carbocycles. The minimum absolute atomic E-state index is 0. The first-order valence-corrected chi connectivity index (χ1v) is 1.90. The molecule has 0 aromatic carbocycles. The predicted octanol–water partition coefficient (Wildman–Crippen LogP) is -1.49. The molecule has 0 aliphatic heterocycles. The number of carbonyl (C=O) groups excluding carboxylic acids is 2. The predicted molar refractivity (Wildman–Crippen MR) is 27.5 cm³/mol. The van der Waals surface area contributed by atoms with E-state index in [-0.39, 0.29) is 35.6 Å². The molecule has 0 aliphatic carbocycles. The third-order valence-corrected chi connectivity index (χ3v) is 0.412. The van der Waals surface area contributed by atoms with Crippen molar-refractivity contribution in [2.24, 2.45) is 11.5 Å². The molecule has 9 heavy (non-hydrogen) atoms. The Morgan fingerprint density at radius 3 is 1.33 bits per heavy atom. The van der Waals surface area contributed by atoms with Gasteiger partial charge >= 0.3 is 0 Å². The first-order valence-electron chi connectivity index (χ1n) is 1.90. The van der Waals surface area contributed by atoms with Crippen LogP contribution in [0, 0.1) is 35.6 Å². The van der Waals surface area contributed by atoms with Gasteiger partial charge in [0.1, 0.15) is 0 Å². The van der Waals surface area contributed by atoms with Crippen LogP contribution in [0.2, 0.25) is 0 Å². The van der Waals surface area contributed by atoms with Crippen LogP contribution in [-0.4, -0.2) is 11.8 Å². The Balaban J connectivity index is 0. The normalized spacial score (nSPS) is 8.44. The zero-order valence-electron chi connectivity index (χ0n) is 4.70. The van der Waals surface area contributed by atoms with Crippen molar-refractivity contribution in [2.75, 3.05) is 0 Å². The summed E-state index contributed by atoms with van der Waals surface area (Å²) in [6.45, 7) is 0. The van der Waals surface area contributed by atoms with E-state index in [1.807, 2.05) is 0 Å². The molecule has 2 amide bonds. The monoisotopic (exact) mass is 253 g/mol. The molecule has 0 heterocycles. The van der Waals surface area contributed by atoms with Crippen LogP contribution >= 0.6 is 0 Å². The summed E-state index contributed by atoms with van der Waals surface area (Å²) in [7, 11) is 0. The molecule has 1 radical (unpaired) electrons. The zero-order chi connectivity index (χ0) is 6.57. The van der Waals surface area contributed by atoms with Gasteiger partial charge in [-0.05, 0) is 0 Å². The first-order chi connectivity index (χ1) is 3.63. The van der Waals surface area contributed by atoms with Crippen LogP contribution in [0.4, 0.5) is 0 Å². The molecule has 0 spiro atoms. The molecule has 0 aromatic heterocycles. The van der Waals surface area contributed by atoms with Crippen LogP contribution in [0.3, 0.4) is 0 Å². The Bertz CT molecular complexity index is 128. The fourth-order valence-corrected chi connectivity index (χ4v) is 0.164. The Morgan fingerprint density at radius 2 is 1.22 bits per heavy atom. The molecule has 47 valence electrons. The van der Waals surface area contributed by atoms with Crippen molar-refractivity contribution in [3.8, 4) is 0 Å². The van der Waals surface area contributed by atoms with E-state index < -0.39 is 11.8 Å². The summed E-state index contributed by atoms with van der Waals surface area (Å²) in [6, 6.07) is 0. The van der Waals surface area contributed by atoms with Gasteiger partial charge < -0.3 is 11.5 Å². The molecule has 0 fully saturated rings. The second kappa shape index (κ2) is 6.00. The van der Waals surface area contributed by atoms with Gasteiger partial charge in [0, 0.05) is 47.8 Å². The summed E-state index contributed by atoms with van der Waals surface area (Å²) in [6.07, 6.45) is 1.81. The van der Waals surface area contributed by atoms with Gasteiger partial charge in [0.25, 0.3) is 0 Å². The standard InChI is InChI=1S/C4H6N2O2.La/c5-3(7)1-2-4(6)8;/h1-2H,(H2,5,7)(H2,6,8);/b2-1-;. The second-order valence-electron chi connectivity index (χ2n) is 1.14. The van der Waals surface area contributed by atoms with Gasteiger partial charge in [-0.1, -0.05) is 0 Å². The van der Waals surface area contributed by atoms with Gasteiger partial charge in [-0.2, -0.15) is 0 Å². The van der Waals surface area contributed by atoms with Crippen LogP contribution < -0.4 is 11.5 Å². The van der Waals surface area contributed by atoms with E-state index in [0.29, 0.717) is 0 Å². The minimum atomic E-state index is -0.677. The Kier molecular flexibility index (Phi) is 7.77. The summed E-state index contributed by atoms with van der Waals surface area (Å²) in [5.41, 5.74) is 9.21. The summed E-state index contributed by atoms with van der Waals surface area (Å²) < 4.78 is 0. The Hall–Kier alpha value is -0.125. The molecule has 4 nitrogen and oxygen atoms in total. The fraction of sp³-hybridized carbons (Fsp3) is 0. The van der Waals surface area contributed by atoms with Crippen molar-refractivity contribution in [1.82, 2.24) is 0 Å². The van der Waals surface area contributed by atoms with E-state index in [0.717, 1.165) is 12.2 Å². The molecular formula is C4H6LaN2O2. The van der Waals surface area contributed by atoms with Crippen molar-refractivity contribution in [3.05, 3.63) is 12.2 Å². The van der Waals surface area contributed by atoms with Crippen molar-refractivity contribution in [2.45, 2.75) is 0 Å². The summed E-state index contributed by atoms with van der Waals surface area (Å²) in [5, 5.41) is 0. The maximum absolute atomic E-state index is 9.83. The zero-order valence-corrected chi connectivity index (χ0v) is 8.33. The van der Waals surface area contributed by atoms with Crippen molar-refractivity contribution < 1.29 is 45.2 Å². The quantitative estimate of drug-likeness (QED) is 0.587. The molecule has 0 aromatic rings. The van der Waals surface area contributed by atoms with E-state index in [2.05, 4.69) is 11.5 Å². The van der Waals surface area contributed by atoms with Crippen LogP contribution in [0.25, 0.3) is 0 Å². The molecule has 0 saturated heterocycles. The number of primary amides is 2. The van der Waals surface area contributed by atoms with Gasteiger partial charge in [0.2, 0.25) is 11.8 Å². The van der Waals surface area contributed by atoms with E-state index in [1.165, 1.54) is 0 Å². The molecular weight excluding hydrogens is 247 g/mol. The third kappa shape index (κ3) is 11.4. The summed E-state index contributed by atoms with van der Waals surface area (Å²) >= 11 is 0. The van der Waals surface area contributed by atoms with E-state index in [9.17, 15) is 9.59 Å². The average molecular weight is 253 g/mol. The van der Waals surface area contributed by atoms with Crippen molar-refractivity contribution in [3.63, 3.8) is 0 Å². The van der Waals surface area contributed by atoms with Crippen molar-refractivity contribution >= 4 is 11.8 Å². The van der Waals surface area contributed by atoms with Gasteiger partial charge in [-0.15, -0.1) is 0 Å². The van der Waals surface area contributed by atoms with Gasteiger partial charge in [0.05, 0.1) is 0 Å². The molecule has 0 atom stereocenters. The SMILES string of the molecule is NC(=O)/C=C\C(N)=O.[La]. The maximum Gasteiger partial charge on any atom is 0.241 e. The first kappa shape index (κ1) is 11.6. The number of rotatable bonds is 2. The molecule has 0 unspecified atom stereocenters. The van der Waals surface area contributed by atoms with Crippen LogP contribution in [0.15, 0.2) is 12.2 Å². The van der Waals surface area contributed by atoms with Crippen LogP contribution in [0.1, 0.15) is 0 Å². The maximum atomic E-state index is 9.83. The summed E-state index contributed by atoms with van der Waals surface area (Å²) in [5.74, 6) is -1.35. The van der Waals surface area contributed by atoms with Gasteiger partial charge in [-0.25, -0.2) is 0 Å². The van der Waals surface area contributed by atoms with E-state index in [1.54, 1.807) is 0 Å². The molecule has 5 heteroatoms. The fourth-order valence-electron chi connectivity index (χ4n) is 0.164. The number of nitrogens with two attached hydrogens (primary N) is 2. The molecule has 0 aliphatic rings. The molecule has 4 N–H and O–H groups in total. The number of amides is 2. The smallest absolute Gasteiger partial charge is 0.241 e. The number of hydrogen-bond acceptors (Lipinski definition) is 2. The molecule has 0 rings (SSSR count). The average Bonchev–Trinajstić information content (AvgIpc) is 1.61. The summed E-state index contributed by atoms with van der Waals surface area (Å²) in [4.78, 5) is 19.7. The third-order valence-electron chi connectivity index (χ3n) is 0.412.